The smallest absolute Gasteiger partial charge is 0.339 e. The molecular formula is C18H19NO5. The highest BCUT2D eigenvalue weighted by molar-refractivity contribution is 6.26. The van der Waals surface area contributed by atoms with Gasteiger partial charge in [0.05, 0.1) is 32.5 Å². The quantitative estimate of drug-likeness (QED) is 0.808. The molecule has 1 aromatic carbocycles. The molecule has 0 unspecified atom stereocenters. The van der Waals surface area contributed by atoms with Crippen LogP contribution in [0.3, 0.4) is 0 Å². The van der Waals surface area contributed by atoms with Crippen molar-refractivity contribution in [2.75, 3.05) is 21.3 Å². The molecule has 1 aliphatic rings. The minimum Gasteiger partial charge on any atom is -0.497 e. The van der Waals surface area contributed by atoms with Gasteiger partial charge in [0.15, 0.2) is 0 Å². The monoisotopic (exact) mass is 329 g/mol. The first-order valence-corrected chi connectivity index (χ1v) is 7.58. The second-order valence-electron chi connectivity index (χ2n) is 5.60. The van der Waals surface area contributed by atoms with E-state index in [1.807, 2.05) is 29.8 Å². The van der Waals surface area contributed by atoms with E-state index >= 15 is 0 Å². The van der Waals surface area contributed by atoms with Crippen molar-refractivity contribution in [1.29, 1.82) is 0 Å². The number of hydrogen-bond acceptors (Lipinski definition) is 5. The van der Waals surface area contributed by atoms with E-state index in [9.17, 15) is 9.59 Å². The molecular weight excluding hydrogens is 310 g/mol. The van der Waals surface area contributed by atoms with Gasteiger partial charge in [0.25, 0.3) is 0 Å². The maximum atomic E-state index is 12.4. The summed E-state index contributed by atoms with van der Waals surface area (Å²) in [5.41, 5.74) is 3.32. The number of carbonyl (C=O) groups is 2. The Kier molecular flexibility index (Phi) is 4.05. The van der Waals surface area contributed by atoms with E-state index in [0.29, 0.717) is 24.2 Å². The molecule has 1 aromatic heterocycles. The Morgan fingerprint density at radius 2 is 1.75 bits per heavy atom. The lowest BCUT2D eigenvalue weighted by atomic mass is 9.88. The molecule has 0 radical (unpaired) electrons. The Morgan fingerprint density at radius 3 is 2.38 bits per heavy atom. The normalized spacial score (nSPS) is 13.7. The van der Waals surface area contributed by atoms with Crippen molar-refractivity contribution in [2.45, 2.75) is 12.8 Å². The van der Waals surface area contributed by atoms with Crippen molar-refractivity contribution < 1.29 is 23.8 Å². The van der Waals surface area contributed by atoms with Crippen LogP contribution in [0.2, 0.25) is 0 Å². The molecule has 6 nitrogen and oxygen atoms in total. The number of carbonyl (C=O) groups excluding carboxylic acids is 2. The molecule has 1 heterocycles. The fourth-order valence-electron chi connectivity index (χ4n) is 3.35. The highest BCUT2D eigenvalue weighted by Crippen LogP contribution is 2.40. The van der Waals surface area contributed by atoms with E-state index in [2.05, 4.69) is 0 Å². The number of ether oxygens (including phenoxy) is 3. The summed E-state index contributed by atoms with van der Waals surface area (Å²) < 4.78 is 17.1. The molecule has 24 heavy (non-hydrogen) atoms. The lowest BCUT2D eigenvalue weighted by Gasteiger charge is -2.19. The van der Waals surface area contributed by atoms with Crippen LogP contribution in [-0.4, -0.2) is 37.8 Å². The van der Waals surface area contributed by atoms with Crippen LogP contribution in [0.25, 0.3) is 16.5 Å². The van der Waals surface area contributed by atoms with E-state index in [0.717, 1.165) is 22.2 Å². The molecule has 1 aliphatic carbocycles. The van der Waals surface area contributed by atoms with Crippen LogP contribution in [0, 0.1) is 0 Å². The summed E-state index contributed by atoms with van der Waals surface area (Å²) in [6.07, 6.45) is 1.08. The molecule has 0 N–H and O–H groups in total. The van der Waals surface area contributed by atoms with Gasteiger partial charge in [-0.2, -0.15) is 0 Å². The Morgan fingerprint density at radius 1 is 1.04 bits per heavy atom. The molecule has 0 atom stereocenters. The van der Waals surface area contributed by atoms with Gasteiger partial charge in [-0.25, -0.2) is 9.59 Å². The van der Waals surface area contributed by atoms with Crippen molar-refractivity contribution >= 4 is 28.4 Å². The third-order valence-corrected chi connectivity index (χ3v) is 4.51. The number of rotatable bonds is 3. The predicted molar refractivity (Wildman–Crippen MR) is 88.7 cm³/mol. The molecule has 0 spiro atoms. The minimum atomic E-state index is -0.535. The van der Waals surface area contributed by atoms with Gasteiger partial charge in [0, 0.05) is 29.2 Å². The van der Waals surface area contributed by atoms with E-state index in [4.69, 9.17) is 14.2 Å². The minimum absolute atomic E-state index is 0.282. The summed E-state index contributed by atoms with van der Waals surface area (Å²) in [4.78, 5) is 24.6. The van der Waals surface area contributed by atoms with Gasteiger partial charge in [0.2, 0.25) is 0 Å². The zero-order chi connectivity index (χ0) is 17.4. The fourth-order valence-corrected chi connectivity index (χ4v) is 3.35. The largest absolute Gasteiger partial charge is 0.497 e. The Bertz CT molecular complexity index is 875. The molecule has 0 aliphatic heterocycles. The Labute approximate surface area is 139 Å². The van der Waals surface area contributed by atoms with Crippen LogP contribution in [0.1, 0.15) is 17.7 Å². The standard InChI is InChI=1S/C18H19NO5/c1-19-13-7-5-10(22-2)9-12(13)15-14(19)8-6-11(17(20)23-3)16(15)18(21)24-4/h5,7,9H,6,8H2,1-4H3. The lowest BCUT2D eigenvalue weighted by molar-refractivity contribution is -0.138. The number of nitrogens with zero attached hydrogens (tertiary/aromatic N) is 1. The molecule has 3 rings (SSSR count). The maximum absolute atomic E-state index is 12.4. The molecule has 2 aromatic rings. The molecule has 0 bridgehead atoms. The van der Waals surface area contributed by atoms with Crippen molar-refractivity contribution in [3.05, 3.63) is 35.0 Å². The van der Waals surface area contributed by atoms with Crippen molar-refractivity contribution in [3.8, 4) is 5.75 Å². The highest BCUT2D eigenvalue weighted by atomic mass is 16.5. The number of fused-ring (bicyclic) bond motifs is 3. The van der Waals surface area contributed by atoms with Gasteiger partial charge in [-0.3, -0.25) is 0 Å². The number of aryl methyl sites for hydroxylation is 1. The number of hydrogen-bond donors (Lipinski definition) is 0. The van der Waals surface area contributed by atoms with Crippen LogP contribution in [-0.2, 0) is 32.5 Å². The van der Waals surface area contributed by atoms with Gasteiger partial charge >= 0.3 is 11.9 Å². The van der Waals surface area contributed by atoms with Crippen LogP contribution in [0.5, 0.6) is 5.75 Å². The molecule has 126 valence electrons. The summed E-state index contributed by atoms with van der Waals surface area (Å²) in [5.74, 6) is -0.349. The van der Waals surface area contributed by atoms with Gasteiger partial charge in [-0.1, -0.05) is 0 Å². The second kappa shape index (κ2) is 6.03. The third-order valence-electron chi connectivity index (χ3n) is 4.51. The second-order valence-corrected chi connectivity index (χ2v) is 5.60. The number of aromatic nitrogens is 1. The first kappa shape index (κ1) is 16.1. The maximum Gasteiger partial charge on any atom is 0.339 e. The number of methoxy groups -OCH3 is 3. The molecule has 6 heteroatoms. The Hall–Kier alpha value is -2.76. The predicted octanol–water partition coefficient (Wildman–Crippen LogP) is 2.23. The lowest BCUT2D eigenvalue weighted by Crippen LogP contribution is -2.19. The van der Waals surface area contributed by atoms with Crippen LogP contribution >= 0.6 is 0 Å². The van der Waals surface area contributed by atoms with Gasteiger partial charge in [-0.15, -0.1) is 0 Å². The van der Waals surface area contributed by atoms with Crippen LogP contribution < -0.4 is 4.74 Å². The summed E-state index contributed by atoms with van der Waals surface area (Å²) in [6.45, 7) is 0. The zero-order valence-electron chi connectivity index (χ0n) is 14.1. The Balaban J connectivity index is 2.39. The average molecular weight is 329 g/mol. The van der Waals surface area contributed by atoms with E-state index in [1.165, 1.54) is 14.2 Å². The molecule has 0 fully saturated rings. The van der Waals surface area contributed by atoms with Crippen molar-refractivity contribution in [3.63, 3.8) is 0 Å². The first-order valence-electron chi connectivity index (χ1n) is 7.58. The van der Waals surface area contributed by atoms with Crippen LogP contribution in [0.4, 0.5) is 0 Å². The number of benzene rings is 1. The van der Waals surface area contributed by atoms with Gasteiger partial charge in [-0.05, 0) is 31.0 Å². The summed E-state index contributed by atoms with van der Waals surface area (Å²) >= 11 is 0. The van der Waals surface area contributed by atoms with Crippen molar-refractivity contribution in [2.24, 2.45) is 7.05 Å². The summed E-state index contributed by atoms with van der Waals surface area (Å²) in [6, 6.07) is 5.69. The molecule has 0 amide bonds. The molecule has 0 saturated carbocycles. The van der Waals surface area contributed by atoms with E-state index < -0.39 is 11.9 Å². The van der Waals surface area contributed by atoms with E-state index in [1.54, 1.807) is 7.11 Å². The van der Waals surface area contributed by atoms with Gasteiger partial charge < -0.3 is 18.8 Å². The average Bonchev–Trinajstić information content (AvgIpc) is 2.91. The zero-order valence-corrected chi connectivity index (χ0v) is 14.1. The first-order chi connectivity index (χ1) is 11.5. The van der Waals surface area contributed by atoms with E-state index in [-0.39, 0.29) is 5.57 Å². The SMILES string of the molecule is COC(=O)C1=C(C(=O)OC)c2c(n(C)c3ccc(OC)cc23)CC1. The highest BCUT2D eigenvalue weighted by Gasteiger charge is 2.33. The third kappa shape index (κ3) is 2.26. The van der Waals surface area contributed by atoms with Crippen molar-refractivity contribution in [1.82, 2.24) is 4.57 Å². The number of esters is 2. The summed E-state index contributed by atoms with van der Waals surface area (Å²) in [7, 11) is 6.16. The summed E-state index contributed by atoms with van der Waals surface area (Å²) in [5, 5.41) is 0.855. The molecule has 0 saturated heterocycles. The topological polar surface area (TPSA) is 66.8 Å². The fraction of sp³-hybridized carbons (Fsp3) is 0.333. The van der Waals surface area contributed by atoms with Crippen LogP contribution in [0.15, 0.2) is 23.8 Å². The van der Waals surface area contributed by atoms with Gasteiger partial charge in [0.1, 0.15) is 5.75 Å².